The van der Waals surface area contributed by atoms with E-state index in [1.165, 1.54) is 6.42 Å². The SMILES string of the molecule is Cc1cccc(Nc2cc(C)nc(C3CCCNC3)n2)n1. The lowest BCUT2D eigenvalue weighted by Gasteiger charge is -2.22. The molecule has 110 valence electrons. The molecule has 0 bridgehead atoms. The first-order valence-electron chi connectivity index (χ1n) is 7.48. The van der Waals surface area contributed by atoms with Crippen molar-refractivity contribution in [1.82, 2.24) is 20.3 Å². The molecule has 21 heavy (non-hydrogen) atoms. The minimum Gasteiger partial charge on any atom is -0.325 e. The summed E-state index contributed by atoms with van der Waals surface area (Å²) in [6.07, 6.45) is 2.34. The second kappa shape index (κ2) is 6.18. The van der Waals surface area contributed by atoms with Crippen molar-refractivity contribution in [2.45, 2.75) is 32.6 Å². The van der Waals surface area contributed by atoms with Crippen molar-refractivity contribution >= 4 is 11.6 Å². The third-order valence-corrected chi connectivity index (χ3v) is 3.68. The maximum atomic E-state index is 4.68. The van der Waals surface area contributed by atoms with Gasteiger partial charge in [0.1, 0.15) is 17.5 Å². The van der Waals surface area contributed by atoms with Gasteiger partial charge in [0.15, 0.2) is 0 Å². The molecule has 2 aromatic rings. The zero-order valence-corrected chi connectivity index (χ0v) is 12.6. The normalized spacial score (nSPS) is 18.5. The largest absolute Gasteiger partial charge is 0.325 e. The lowest BCUT2D eigenvalue weighted by Crippen LogP contribution is -2.29. The number of anilines is 2. The van der Waals surface area contributed by atoms with Gasteiger partial charge >= 0.3 is 0 Å². The van der Waals surface area contributed by atoms with Crippen LogP contribution >= 0.6 is 0 Å². The number of nitrogens with zero attached hydrogens (tertiary/aromatic N) is 3. The molecule has 2 N–H and O–H groups in total. The molecular weight excluding hydrogens is 262 g/mol. The van der Waals surface area contributed by atoms with Gasteiger partial charge in [-0.3, -0.25) is 0 Å². The molecule has 1 aliphatic rings. The molecule has 5 nitrogen and oxygen atoms in total. The van der Waals surface area contributed by atoms with Crippen molar-refractivity contribution in [3.8, 4) is 0 Å². The third-order valence-electron chi connectivity index (χ3n) is 3.68. The number of rotatable bonds is 3. The number of piperidine rings is 1. The quantitative estimate of drug-likeness (QED) is 0.907. The van der Waals surface area contributed by atoms with Gasteiger partial charge in [-0.05, 0) is 45.4 Å². The van der Waals surface area contributed by atoms with Crippen molar-refractivity contribution in [3.63, 3.8) is 0 Å². The van der Waals surface area contributed by atoms with Gasteiger partial charge in [0.05, 0.1) is 0 Å². The van der Waals surface area contributed by atoms with E-state index in [1.54, 1.807) is 0 Å². The van der Waals surface area contributed by atoms with E-state index >= 15 is 0 Å². The van der Waals surface area contributed by atoms with E-state index < -0.39 is 0 Å². The van der Waals surface area contributed by atoms with Gasteiger partial charge in [-0.25, -0.2) is 15.0 Å². The van der Waals surface area contributed by atoms with Crippen LogP contribution in [0.1, 0.15) is 36.0 Å². The first-order chi connectivity index (χ1) is 10.2. The van der Waals surface area contributed by atoms with Crippen molar-refractivity contribution in [3.05, 3.63) is 41.5 Å². The number of aromatic nitrogens is 3. The van der Waals surface area contributed by atoms with E-state index in [4.69, 9.17) is 0 Å². The molecular formula is C16H21N5. The standard InChI is InChI=1S/C16H21N5/c1-11-5-3-7-14(18-11)20-15-9-12(2)19-16(21-15)13-6-4-8-17-10-13/h3,5,7,9,13,17H,4,6,8,10H2,1-2H3,(H,18,19,20,21). The van der Waals surface area contributed by atoms with Crippen LogP contribution < -0.4 is 10.6 Å². The third kappa shape index (κ3) is 3.55. The molecule has 1 atom stereocenters. The zero-order valence-electron chi connectivity index (χ0n) is 12.6. The summed E-state index contributed by atoms with van der Waals surface area (Å²) < 4.78 is 0. The van der Waals surface area contributed by atoms with E-state index in [-0.39, 0.29) is 0 Å². The van der Waals surface area contributed by atoms with Crippen LogP contribution in [-0.2, 0) is 0 Å². The van der Waals surface area contributed by atoms with Gasteiger partial charge in [-0.2, -0.15) is 0 Å². The Morgan fingerprint density at radius 3 is 2.76 bits per heavy atom. The molecule has 3 rings (SSSR count). The lowest BCUT2D eigenvalue weighted by atomic mass is 9.99. The monoisotopic (exact) mass is 283 g/mol. The fraction of sp³-hybridized carbons (Fsp3) is 0.438. The topological polar surface area (TPSA) is 62.7 Å². The highest BCUT2D eigenvalue weighted by Gasteiger charge is 2.18. The number of hydrogen-bond donors (Lipinski definition) is 2. The molecule has 0 saturated carbocycles. The Balaban J connectivity index is 1.83. The van der Waals surface area contributed by atoms with E-state index in [2.05, 4.69) is 25.6 Å². The number of aryl methyl sites for hydroxylation is 2. The minimum atomic E-state index is 0.407. The van der Waals surface area contributed by atoms with E-state index in [9.17, 15) is 0 Å². The molecule has 0 spiro atoms. The predicted molar refractivity (Wildman–Crippen MR) is 83.9 cm³/mol. The van der Waals surface area contributed by atoms with Crippen molar-refractivity contribution in [2.24, 2.45) is 0 Å². The fourth-order valence-electron chi connectivity index (χ4n) is 2.65. The summed E-state index contributed by atoms with van der Waals surface area (Å²) in [5.74, 6) is 2.98. The van der Waals surface area contributed by atoms with Crippen LogP contribution in [0.5, 0.6) is 0 Å². The van der Waals surface area contributed by atoms with Crippen molar-refractivity contribution in [1.29, 1.82) is 0 Å². The molecule has 1 fully saturated rings. The molecule has 1 saturated heterocycles. The molecule has 0 amide bonds. The van der Waals surface area contributed by atoms with Gasteiger partial charge < -0.3 is 10.6 Å². The molecule has 2 aromatic heterocycles. The molecule has 0 aliphatic carbocycles. The Kier molecular flexibility index (Phi) is 4.10. The van der Waals surface area contributed by atoms with Crippen LogP contribution in [0.15, 0.2) is 24.3 Å². The van der Waals surface area contributed by atoms with Crippen LogP contribution in [-0.4, -0.2) is 28.0 Å². The second-order valence-corrected chi connectivity index (χ2v) is 5.59. The van der Waals surface area contributed by atoms with Crippen LogP contribution in [0.4, 0.5) is 11.6 Å². The average molecular weight is 283 g/mol. The van der Waals surface area contributed by atoms with E-state index in [0.717, 1.165) is 48.4 Å². The Morgan fingerprint density at radius 1 is 1.10 bits per heavy atom. The highest BCUT2D eigenvalue weighted by atomic mass is 15.1. The fourth-order valence-corrected chi connectivity index (χ4v) is 2.65. The summed E-state index contributed by atoms with van der Waals surface area (Å²) in [5, 5.41) is 6.70. The van der Waals surface area contributed by atoms with Gasteiger partial charge in [0, 0.05) is 29.9 Å². The second-order valence-electron chi connectivity index (χ2n) is 5.59. The predicted octanol–water partition coefficient (Wildman–Crippen LogP) is 2.70. The Bertz CT molecular complexity index is 620. The smallest absolute Gasteiger partial charge is 0.135 e. The van der Waals surface area contributed by atoms with Gasteiger partial charge in [0.25, 0.3) is 0 Å². The lowest BCUT2D eigenvalue weighted by molar-refractivity contribution is 0.446. The van der Waals surface area contributed by atoms with Gasteiger partial charge in [-0.1, -0.05) is 6.07 Å². The first kappa shape index (κ1) is 13.9. The summed E-state index contributed by atoms with van der Waals surface area (Å²) in [6.45, 7) is 6.05. The Hall–Kier alpha value is -2.01. The molecule has 0 radical (unpaired) electrons. The maximum absolute atomic E-state index is 4.68. The summed E-state index contributed by atoms with van der Waals surface area (Å²) in [4.78, 5) is 13.7. The summed E-state index contributed by atoms with van der Waals surface area (Å²) in [6, 6.07) is 7.89. The molecule has 0 aromatic carbocycles. The first-order valence-corrected chi connectivity index (χ1v) is 7.48. The van der Waals surface area contributed by atoms with Crippen LogP contribution in [0.2, 0.25) is 0 Å². The number of pyridine rings is 1. The van der Waals surface area contributed by atoms with Crippen LogP contribution in [0, 0.1) is 13.8 Å². The van der Waals surface area contributed by atoms with Gasteiger partial charge in [-0.15, -0.1) is 0 Å². The molecule has 1 unspecified atom stereocenters. The Morgan fingerprint density at radius 2 is 2.00 bits per heavy atom. The average Bonchev–Trinajstić information content (AvgIpc) is 2.47. The summed E-state index contributed by atoms with van der Waals surface area (Å²) in [7, 11) is 0. The van der Waals surface area contributed by atoms with Crippen molar-refractivity contribution < 1.29 is 0 Å². The van der Waals surface area contributed by atoms with Crippen molar-refractivity contribution in [2.75, 3.05) is 18.4 Å². The molecule has 3 heterocycles. The molecule has 1 aliphatic heterocycles. The number of nitrogens with one attached hydrogen (secondary N) is 2. The highest BCUT2D eigenvalue weighted by Crippen LogP contribution is 2.22. The summed E-state index contributed by atoms with van der Waals surface area (Å²) >= 11 is 0. The highest BCUT2D eigenvalue weighted by molar-refractivity contribution is 5.52. The van der Waals surface area contributed by atoms with Crippen LogP contribution in [0.25, 0.3) is 0 Å². The maximum Gasteiger partial charge on any atom is 0.135 e. The summed E-state index contributed by atoms with van der Waals surface area (Å²) in [5.41, 5.74) is 1.98. The Labute approximate surface area is 125 Å². The van der Waals surface area contributed by atoms with Gasteiger partial charge in [0.2, 0.25) is 0 Å². The number of hydrogen-bond acceptors (Lipinski definition) is 5. The zero-order chi connectivity index (χ0) is 14.7. The van der Waals surface area contributed by atoms with Crippen LogP contribution in [0.3, 0.4) is 0 Å². The van der Waals surface area contributed by atoms with E-state index in [0.29, 0.717) is 5.92 Å². The molecule has 5 heteroatoms. The minimum absolute atomic E-state index is 0.407. The van der Waals surface area contributed by atoms with E-state index in [1.807, 2.05) is 38.1 Å².